The van der Waals surface area contributed by atoms with E-state index in [9.17, 15) is 0 Å². The minimum absolute atomic E-state index is 0.531. The van der Waals surface area contributed by atoms with Crippen LogP contribution in [0.2, 0.25) is 0 Å². The van der Waals surface area contributed by atoms with E-state index in [2.05, 4.69) is 20.9 Å². The third-order valence-corrected chi connectivity index (χ3v) is 3.20. The molecule has 0 aromatic carbocycles. The van der Waals surface area contributed by atoms with Gasteiger partial charge in [-0.15, -0.1) is 0 Å². The summed E-state index contributed by atoms with van der Waals surface area (Å²) < 4.78 is 5.38. The first-order chi connectivity index (χ1) is 8.40. The van der Waals surface area contributed by atoms with Crippen LogP contribution < -0.4 is 10.6 Å². The van der Waals surface area contributed by atoms with Gasteiger partial charge in [0.05, 0.1) is 13.2 Å². The number of anilines is 1. The van der Waals surface area contributed by atoms with Gasteiger partial charge in [-0.1, -0.05) is 0 Å². The highest BCUT2D eigenvalue weighted by Gasteiger charge is 2.16. The Hall–Kier alpha value is -1.59. The average Bonchev–Trinajstić information content (AvgIpc) is 2.82. The quantitative estimate of drug-likeness (QED) is 0.806. The topological polar surface area (TPSA) is 67.2 Å². The highest BCUT2D eigenvalue weighted by Crippen LogP contribution is 2.28. The van der Waals surface area contributed by atoms with Gasteiger partial charge >= 0.3 is 0 Å². The van der Waals surface area contributed by atoms with Crippen LogP contribution in [0.3, 0.4) is 0 Å². The molecule has 90 valence electrons. The average molecular weight is 232 g/mol. The van der Waals surface area contributed by atoms with Crippen molar-refractivity contribution in [1.29, 1.82) is 0 Å². The number of rotatable bonds is 2. The number of pyridine rings is 1. The van der Waals surface area contributed by atoms with Crippen molar-refractivity contribution in [3.63, 3.8) is 0 Å². The number of morpholine rings is 1. The number of hydrogen-bond acceptors (Lipinski definition) is 4. The molecule has 17 heavy (non-hydrogen) atoms. The minimum atomic E-state index is 0.531. The van der Waals surface area contributed by atoms with Gasteiger partial charge in [-0.25, -0.2) is 4.98 Å². The van der Waals surface area contributed by atoms with Gasteiger partial charge in [0, 0.05) is 43.1 Å². The van der Waals surface area contributed by atoms with Gasteiger partial charge < -0.3 is 20.4 Å². The molecule has 0 aliphatic carbocycles. The van der Waals surface area contributed by atoms with Crippen LogP contribution in [0.15, 0.2) is 18.5 Å². The Morgan fingerprint density at radius 1 is 1.41 bits per heavy atom. The molecule has 0 atom stereocenters. The molecule has 3 rings (SSSR count). The maximum absolute atomic E-state index is 5.77. The molecule has 3 heterocycles. The summed E-state index contributed by atoms with van der Waals surface area (Å²) in [7, 11) is 0. The number of H-pyrrole nitrogens is 1. The summed E-state index contributed by atoms with van der Waals surface area (Å²) in [5, 5.41) is 1.15. The zero-order chi connectivity index (χ0) is 11.7. The van der Waals surface area contributed by atoms with E-state index < -0.39 is 0 Å². The van der Waals surface area contributed by atoms with Crippen molar-refractivity contribution < 1.29 is 4.74 Å². The Morgan fingerprint density at radius 3 is 3.00 bits per heavy atom. The Balaban J connectivity index is 2.10. The second-order valence-corrected chi connectivity index (χ2v) is 4.17. The van der Waals surface area contributed by atoms with E-state index in [-0.39, 0.29) is 0 Å². The van der Waals surface area contributed by atoms with Crippen molar-refractivity contribution in [2.24, 2.45) is 5.73 Å². The van der Waals surface area contributed by atoms with Crippen LogP contribution in [0.1, 0.15) is 5.56 Å². The normalized spacial score (nSPS) is 16.6. The molecule has 1 aliphatic rings. The largest absolute Gasteiger partial charge is 0.378 e. The molecule has 0 spiro atoms. The number of ether oxygens (including phenoxy) is 1. The summed E-state index contributed by atoms with van der Waals surface area (Å²) in [4.78, 5) is 9.84. The van der Waals surface area contributed by atoms with E-state index in [1.54, 1.807) is 0 Å². The molecule has 0 bridgehead atoms. The lowest BCUT2D eigenvalue weighted by molar-refractivity contribution is 0.123. The Morgan fingerprint density at radius 2 is 2.24 bits per heavy atom. The van der Waals surface area contributed by atoms with Gasteiger partial charge in [0.2, 0.25) is 0 Å². The third kappa shape index (κ3) is 1.77. The van der Waals surface area contributed by atoms with Crippen LogP contribution in [0.4, 0.5) is 5.69 Å². The molecule has 0 unspecified atom stereocenters. The van der Waals surface area contributed by atoms with E-state index in [0.717, 1.165) is 42.9 Å². The van der Waals surface area contributed by atoms with Crippen LogP contribution in [0.25, 0.3) is 11.0 Å². The second-order valence-electron chi connectivity index (χ2n) is 4.17. The minimum Gasteiger partial charge on any atom is -0.378 e. The molecule has 5 nitrogen and oxygen atoms in total. The van der Waals surface area contributed by atoms with Crippen molar-refractivity contribution in [2.45, 2.75) is 6.54 Å². The van der Waals surface area contributed by atoms with Crippen LogP contribution in [0.5, 0.6) is 0 Å². The fraction of sp³-hybridized carbons (Fsp3) is 0.417. The Bertz CT molecular complexity index is 516. The molecule has 1 aliphatic heterocycles. The first-order valence-electron chi connectivity index (χ1n) is 5.88. The first kappa shape index (κ1) is 10.6. The molecule has 2 aromatic heterocycles. The number of aromatic amines is 1. The molecule has 1 fully saturated rings. The SMILES string of the molecule is NCc1c[nH]c2nccc(N3CCOCC3)c12. The van der Waals surface area contributed by atoms with E-state index in [4.69, 9.17) is 10.5 Å². The molecule has 2 aromatic rings. The van der Waals surface area contributed by atoms with Crippen molar-refractivity contribution in [3.8, 4) is 0 Å². The number of aromatic nitrogens is 2. The fourth-order valence-corrected chi connectivity index (χ4v) is 2.33. The van der Waals surface area contributed by atoms with E-state index in [1.165, 1.54) is 5.69 Å². The molecule has 0 amide bonds. The van der Waals surface area contributed by atoms with E-state index >= 15 is 0 Å². The van der Waals surface area contributed by atoms with Gasteiger partial charge in [0.25, 0.3) is 0 Å². The van der Waals surface area contributed by atoms with Crippen LogP contribution in [-0.2, 0) is 11.3 Å². The number of nitrogens with two attached hydrogens (primary N) is 1. The van der Waals surface area contributed by atoms with Gasteiger partial charge in [0.1, 0.15) is 5.65 Å². The monoisotopic (exact) mass is 232 g/mol. The van der Waals surface area contributed by atoms with Crippen molar-refractivity contribution in [3.05, 3.63) is 24.0 Å². The fourth-order valence-electron chi connectivity index (χ4n) is 2.33. The van der Waals surface area contributed by atoms with Gasteiger partial charge in [-0.05, 0) is 11.6 Å². The van der Waals surface area contributed by atoms with Gasteiger partial charge in [-0.2, -0.15) is 0 Å². The predicted octanol–water partition coefficient (Wildman–Crippen LogP) is 0.858. The molecule has 0 saturated carbocycles. The number of hydrogen-bond donors (Lipinski definition) is 2. The summed E-state index contributed by atoms with van der Waals surface area (Å²) in [6.07, 6.45) is 3.78. The van der Waals surface area contributed by atoms with Crippen molar-refractivity contribution in [1.82, 2.24) is 9.97 Å². The lowest BCUT2D eigenvalue weighted by Crippen LogP contribution is -2.36. The number of fused-ring (bicyclic) bond motifs is 1. The smallest absolute Gasteiger partial charge is 0.139 e. The Labute approximate surface area is 99.6 Å². The van der Waals surface area contributed by atoms with E-state index in [1.807, 2.05) is 12.4 Å². The molecule has 5 heteroatoms. The third-order valence-electron chi connectivity index (χ3n) is 3.20. The maximum atomic E-state index is 5.77. The zero-order valence-electron chi connectivity index (χ0n) is 9.65. The highest BCUT2D eigenvalue weighted by atomic mass is 16.5. The first-order valence-corrected chi connectivity index (χ1v) is 5.88. The zero-order valence-corrected chi connectivity index (χ0v) is 9.65. The van der Waals surface area contributed by atoms with Gasteiger partial charge in [0.15, 0.2) is 0 Å². The predicted molar refractivity (Wildman–Crippen MR) is 67.0 cm³/mol. The highest BCUT2D eigenvalue weighted by molar-refractivity contribution is 5.93. The summed E-state index contributed by atoms with van der Waals surface area (Å²) in [5.41, 5.74) is 9.01. The summed E-state index contributed by atoms with van der Waals surface area (Å²) in [6, 6.07) is 2.06. The molecule has 1 saturated heterocycles. The van der Waals surface area contributed by atoms with Crippen molar-refractivity contribution in [2.75, 3.05) is 31.2 Å². The standard InChI is InChI=1S/C12H16N4O/c13-7-9-8-15-12-11(9)10(1-2-14-12)16-3-5-17-6-4-16/h1-2,8H,3-7,13H2,(H,14,15). The molecular formula is C12H16N4O. The van der Waals surface area contributed by atoms with E-state index in [0.29, 0.717) is 6.54 Å². The van der Waals surface area contributed by atoms with Crippen LogP contribution >= 0.6 is 0 Å². The van der Waals surface area contributed by atoms with Crippen LogP contribution in [-0.4, -0.2) is 36.3 Å². The molecule has 0 radical (unpaired) electrons. The number of nitrogens with one attached hydrogen (secondary N) is 1. The maximum Gasteiger partial charge on any atom is 0.139 e. The summed E-state index contributed by atoms with van der Waals surface area (Å²) in [5.74, 6) is 0. The van der Waals surface area contributed by atoms with Gasteiger partial charge in [-0.3, -0.25) is 0 Å². The lowest BCUT2D eigenvalue weighted by Gasteiger charge is -2.29. The summed E-state index contributed by atoms with van der Waals surface area (Å²) in [6.45, 7) is 3.95. The summed E-state index contributed by atoms with van der Waals surface area (Å²) >= 11 is 0. The second kappa shape index (κ2) is 4.35. The molecule has 3 N–H and O–H groups in total. The Kier molecular flexibility index (Phi) is 2.70. The molecular weight excluding hydrogens is 216 g/mol. The van der Waals surface area contributed by atoms with Crippen molar-refractivity contribution >= 4 is 16.7 Å². The lowest BCUT2D eigenvalue weighted by atomic mass is 10.1. The van der Waals surface area contributed by atoms with Crippen LogP contribution in [0, 0.1) is 0 Å². The number of nitrogens with zero attached hydrogens (tertiary/aromatic N) is 2.